The Kier molecular flexibility index (Phi) is 4.94. The molecule has 0 aliphatic heterocycles. The van der Waals surface area contributed by atoms with Crippen molar-refractivity contribution in [1.29, 1.82) is 0 Å². The van der Waals surface area contributed by atoms with Crippen LogP contribution in [-0.4, -0.2) is 19.1 Å². The van der Waals surface area contributed by atoms with Crippen molar-refractivity contribution in [1.82, 2.24) is 19.1 Å². The van der Waals surface area contributed by atoms with E-state index in [4.69, 9.17) is 4.74 Å². The molecule has 0 aliphatic rings. The Morgan fingerprint density at radius 3 is 2.33 bits per heavy atom. The lowest BCUT2D eigenvalue weighted by atomic mass is 9.97. The van der Waals surface area contributed by atoms with Crippen molar-refractivity contribution in [2.24, 2.45) is 12.5 Å². The minimum Gasteiger partial charge on any atom is -0.421 e. The standard InChI is InChI=1S/C24H26N4O2/c1-16-8-6-10-21(25-16)30-22-11-7-9-18(26-22)17-12-13-19-20(14-17)27(5)23(29)28(19)15-24(2,3)4/h6-14H,15H2,1-5H3. The summed E-state index contributed by atoms with van der Waals surface area (Å²) in [6.07, 6.45) is 0. The van der Waals surface area contributed by atoms with E-state index in [1.807, 2.05) is 67.1 Å². The summed E-state index contributed by atoms with van der Waals surface area (Å²) in [7, 11) is 1.81. The van der Waals surface area contributed by atoms with Gasteiger partial charge >= 0.3 is 5.69 Å². The fraction of sp³-hybridized carbons (Fsp3) is 0.292. The molecule has 0 aliphatic carbocycles. The topological polar surface area (TPSA) is 61.9 Å². The molecule has 30 heavy (non-hydrogen) atoms. The Bertz CT molecular complexity index is 1280. The summed E-state index contributed by atoms with van der Waals surface area (Å²) < 4.78 is 9.37. The van der Waals surface area contributed by atoms with Gasteiger partial charge in [-0.1, -0.05) is 39.0 Å². The van der Waals surface area contributed by atoms with Gasteiger partial charge in [0, 0.05) is 37.0 Å². The second-order valence-corrected chi connectivity index (χ2v) is 8.77. The van der Waals surface area contributed by atoms with Crippen molar-refractivity contribution in [3.05, 3.63) is 70.8 Å². The zero-order valence-corrected chi connectivity index (χ0v) is 18.0. The Labute approximate surface area is 175 Å². The number of hydrogen-bond acceptors (Lipinski definition) is 4. The van der Waals surface area contributed by atoms with Gasteiger partial charge in [-0.25, -0.2) is 14.8 Å². The molecule has 0 atom stereocenters. The van der Waals surface area contributed by atoms with Crippen molar-refractivity contribution < 1.29 is 4.74 Å². The maximum atomic E-state index is 12.8. The summed E-state index contributed by atoms with van der Waals surface area (Å²) in [6.45, 7) is 8.97. The highest BCUT2D eigenvalue weighted by Gasteiger charge is 2.18. The molecule has 0 bridgehead atoms. The number of fused-ring (bicyclic) bond motifs is 1. The van der Waals surface area contributed by atoms with Crippen LogP contribution in [0.3, 0.4) is 0 Å². The number of aryl methyl sites for hydroxylation is 2. The van der Waals surface area contributed by atoms with Crippen LogP contribution >= 0.6 is 0 Å². The van der Waals surface area contributed by atoms with E-state index >= 15 is 0 Å². The van der Waals surface area contributed by atoms with Crippen molar-refractivity contribution in [2.45, 2.75) is 34.2 Å². The summed E-state index contributed by atoms with van der Waals surface area (Å²) in [5, 5.41) is 0. The third-order valence-corrected chi connectivity index (χ3v) is 4.87. The fourth-order valence-corrected chi connectivity index (χ4v) is 3.51. The lowest BCUT2D eigenvalue weighted by Gasteiger charge is -2.18. The van der Waals surface area contributed by atoms with E-state index in [-0.39, 0.29) is 11.1 Å². The van der Waals surface area contributed by atoms with Gasteiger partial charge in [0.15, 0.2) is 0 Å². The van der Waals surface area contributed by atoms with E-state index in [1.54, 1.807) is 10.6 Å². The van der Waals surface area contributed by atoms with Gasteiger partial charge in [0.1, 0.15) is 0 Å². The van der Waals surface area contributed by atoms with Crippen molar-refractivity contribution in [2.75, 3.05) is 0 Å². The van der Waals surface area contributed by atoms with E-state index in [2.05, 4.69) is 30.7 Å². The SMILES string of the molecule is Cc1cccc(Oc2cccc(-c3ccc4c(c3)n(C)c(=O)n4CC(C)(C)C)n2)n1. The van der Waals surface area contributed by atoms with Crippen molar-refractivity contribution >= 4 is 11.0 Å². The Hall–Kier alpha value is -3.41. The van der Waals surface area contributed by atoms with Crippen LogP contribution in [-0.2, 0) is 13.6 Å². The van der Waals surface area contributed by atoms with Crippen LogP contribution in [0.15, 0.2) is 59.4 Å². The molecule has 6 heteroatoms. The fourth-order valence-electron chi connectivity index (χ4n) is 3.51. The van der Waals surface area contributed by atoms with Crippen LogP contribution in [0.2, 0.25) is 0 Å². The molecule has 0 unspecified atom stereocenters. The van der Waals surface area contributed by atoms with E-state index in [1.165, 1.54) is 0 Å². The molecular weight excluding hydrogens is 376 g/mol. The quantitative estimate of drug-likeness (QED) is 0.485. The van der Waals surface area contributed by atoms with Crippen LogP contribution in [0.5, 0.6) is 11.8 Å². The van der Waals surface area contributed by atoms with E-state index in [0.29, 0.717) is 18.3 Å². The first-order chi connectivity index (χ1) is 14.2. The molecular formula is C24H26N4O2. The molecule has 0 spiro atoms. The summed E-state index contributed by atoms with van der Waals surface area (Å²) in [4.78, 5) is 21.8. The second kappa shape index (κ2) is 7.44. The van der Waals surface area contributed by atoms with E-state index < -0.39 is 0 Å². The lowest BCUT2D eigenvalue weighted by molar-refractivity contribution is 0.342. The first kappa shape index (κ1) is 19.9. The summed E-state index contributed by atoms with van der Waals surface area (Å²) in [6, 6.07) is 17.3. The van der Waals surface area contributed by atoms with Crippen LogP contribution in [0, 0.1) is 12.3 Å². The Balaban J connectivity index is 1.72. The number of ether oxygens (including phenoxy) is 1. The summed E-state index contributed by atoms with van der Waals surface area (Å²) in [5.74, 6) is 0.988. The molecule has 0 radical (unpaired) electrons. The Morgan fingerprint density at radius 2 is 1.63 bits per heavy atom. The van der Waals surface area contributed by atoms with Crippen LogP contribution < -0.4 is 10.4 Å². The van der Waals surface area contributed by atoms with Gasteiger partial charge in [-0.15, -0.1) is 0 Å². The molecule has 6 nitrogen and oxygen atoms in total. The number of aromatic nitrogens is 4. The number of nitrogens with zero attached hydrogens (tertiary/aromatic N) is 4. The molecule has 3 heterocycles. The molecule has 0 saturated heterocycles. The van der Waals surface area contributed by atoms with Gasteiger partial charge < -0.3 is 4.74 Å². The number of pyridine rings is 2. The molecule has 4 rings (SSSR count). The van der Waals surface area contributed by atoms with Gasteiger partial charge in [-0.05, 0) is 36.6 Å². The third-order valence-electron chi connectivity index (χ3n) is 4.87. The van der Waals surface area contributed by atoms with Gasteiger partial charge in [0.2, 0.25) is 11.8 Å². The van der Waals surface area contributed by atoms with Crippen molar-refractivity contribution in [3.63, 3.8) is 0 Å². The van der Waals surface area contributed by atoms with Gasteiger partial charge in [-0.3, -0.25) is 9.13 Å². The van der Waals surface area contributed by atoms with Gasteiger partial charge in [-0.2, -0.15) is 0 Å². The lowest BCUT2D eigenvalue weighted by Crippen LogP contribution is -2.27. The maximum absolute atomic E-state index is 12.8. The van der Waals surface area contributed by atoms with Crippen LogP contribution in [0.4, 0.5) is 0 Å². The summed E-state index contributed by atoms with van der Waals surface area (Å²) >= 11 is 0. The van der Waals surface area contributed by atoms with E-state index in [9.17, 15) is 4.79 Å². The molecule has 0 N–H and O–H groups in total. The van der Waals surface area contributed by atoms with Crippen LogP contribution in [0.25, 0.3) is 22.3 Å². The summed E-state index contributed by atoms with van der Waals surface area (Å²) in [5.41, 5.74) is 4.40. The highest BCUT2D eigenvalue weighted by Crippen LogP contribution is 2.27. The van der Waals surface area contributed by atoms with E-state index in [0.717, 1.165) is 28.0 Å². The monoisotopic (exact) mass is 402 g/mol. The molecule has 1 aromatic carbocycles. The minimum atomic E-state index is -0.00681. The zero-order valence-electron chi connectivity index (χ0n) is 18.0. The number of hydrogen-bond donors (Lipinski definition) is 0. The number of rotatable bonds is 4. The average Bonchev–Trinajstić information content (AvgIpc) is 2.91. The average molecular weight is 402 g/mol. The molecule has 4 aromatic rings. The molecule has 0 fully saturated rings. The Morgan fingerprint density at radius 1 is 0.933 bits per heavy atom. The predicted molar refractivity (Wildman–Crippen MR) is 119 cm³/mol. The van der Waals surface area contributed by atoms with Crippen LogP contribution in [0.1, 0.15) is 26.5 Å². The minimum absolute atomic E-state index is 0.00681. The normalized spacial score (nSPS) is 11.8. The molecule has 0 amide bonds. The highest BCUT2D eigenvalue weighted by atomic mass is 16.5. The predicted octanol–water partition coefficient (Wildman–Crippen LogP) is 4.94. The zero-order chi connectivity index (χ0) is 21.5. The maximum Gasteiger partial charge on any atom is 0.328 e. The first-order valence-electron chi connectivity index (χ1n) is 9.99. The second-order valence-electron chi connectivity index (χ2n) is 8.77. The molecule has 3 aromatic heterocycles. The smallest absolute Gasteiger partial charge is 0.328 e. The van der Waals surface area contributed by atoms with Gasteiger partial charge in [0.25, 0.3) is 0 Å². The largest absolute Gasteiger partial charge is 0.421 e. The van der Waals surface area contributed by atoms with Crippen molar-refractivity contribution in [3.8, 4) is 23.0 Å². The number of benzene rings is 1. The molecule has 0 saturated carbocycles. The van der Waals surface area contributed by atoms with Gasteiger partial charge in [0.05, 0.1) is 16.7 Å². The number of imidazole rings is 1. The first-order valence-corrected chi connectivity index (χ1v) is 9.99. The third kappa shape index (κ3) is 3.99. The highest BCUT2D eigenvalue weighted by molar-refractivity contribution is 5.82. The molecule has 154 valence electrons.